The molecule has 1 aliphatic rings. The number of rotatable bonds is 5. The maximum absolute atomic E-state index is 12.3. The van der Waals surface area contributed by atoms with Crippen LogP contribution >= 0.6 is 11.3 Å². The fourth-order valence-electron chi connectivity index (χ4n) is 2.99. The minimum absolute atomic E-state index is 0.116. The van der Waals surface area contributed by atoms with E-state index >= 15 is 0 Å². The fraction of sp³-hybridized carbons (Fsp3) is 0.438. The van der Waals surface area contributed by atoms with Gasteiger partial charge in [-0.15, -0.1) is 10.2 Å². The molecule has 2 aromatic rings. The number of sulfonamides is 1. The lowest BCUT2D eigenvalue weighted by molar-refractivity contribution is 0.102. The maximum Gasteiger partial charge on any atom is 0.257 e. The van der Waals surface area contributed by atoms with Crippen LogP contribution in [0, 0.1) is 0 Å². The normalized spacial score (nSPS) is 15.7. The quantitative estimate of drug-likeness (QED) is 0.829. The Morgan fingerprint density at radius 3 is 2.36 bits per heavy atom. The first-order valence-electron chi connectivity index (χ1n) is 8.13. The van der Waals surface area contributed by atoms with Crippen molar-refractivity contribution in [1.29, 1.82) is 0 Å². The second-order valence-corrected chi connectivity index (χ2v) is 8.92. The topological polar surface area (TPSA) is 101 Å². The molecule has 0 aliphatic heterocycles. The van der Waals surface area contributed by atoms with Crippen molar-refractivity contribution < 1.29 is 13.2 Å². The molecule has 0 bridgehead atoms. The van der Waals surface area contributed by atoms with Crippen LogP contribution in [-0.4, -0.2) is 30.8 Å². The van der Waals surface area contributed by atoms with E-state index in [9.17, 15) is 13.2 Å². The van der Waals surface area contributed by atoms with Crippen molar-refractivity contribution in [1.82, 2.24) is 10.2 Å². The minimum atomic E-state index is -3.41. The van der Waals surface area contributed by atoms with Crippen molar-refractivity contribution in [2.45, 2.75) is 38.0 Å². The van der Waals surface area contributed by atoms with Crippen LogP contribution in [0.1, 0.15) is 53.9 Å². The third-order valence-corrected chi connectivity index (χ3v) is 5.62. The van der Waals surface area contributed by atoms with Crippen LogP contribution < -0.4 is 10.0 Å². The minimum Gasteiger partial charge on any atom is -0.296 e. The molecule has 0 spiro atoms. The zero-order valence-corrected chi connectivity index (χ0v) is 15.5. The summed E-state index contributed by atoms with van der Waals surface area (Å²) in [5, 5.41) is 10.4. The number of nitrogens with one attached hydrogen (secondary N) is 2. The van der Waals surface area contributed by atoms with Crippen molar-refractivity contribution in [3.8, 4) is 0 Å². The Morgan fingerprint density at radius 2 is 1.72 bits per heavy atom. The second-order valence-electron chi connectivity index (χ2n) is 6.20. The summed E-state index contributed by atoms with van der Waals surface area (Å²) in [4.78, 5) is 12.3. The smallest absolute Gasteiger partial charge is 0.257 e. The Hall–Kier alpha value is -2.00. The van der Waals surface area contributed by atoms with Gasteiger partial charge in [-0.1, -0.05) is 42.7 Å². The van der Waals surface area contributed by atoms with Gasteiger partial charge in [0.1, 0.15) is 0 Å². The highest BCUT2D eigenvalue weighted by Crippen LogP contribution is 2.32. The van der Waals surface area contributed by atoms with Crippen LogP contribution in [0.3, 0.4) is 0 Å². The molecule has 1 heterocycles. The Balaban J connectivity index is 1.63. The van der Waals surface area contributed by atoms with Gasteiger partial charge in [0.25, 0.3) is 5.91 Å². The van der Waals surface area contributed by atoms with E-state index in [-0.39, 0.29) is 16.2 Å². The molecular weight excluding hydrogens is 360 g/mol. The molecule has 3 rings (SSSR count). The number of hydrogen-bond acceptors (Lipinski definition) is 6. The lowest BCUT2D eigenvalue weighted by Gasteiger charge is -2.22. The van der Waals surface area contributed by atoms with Gasteiger partial charge in [0.15, 0.2) is 0 Å². The number of carbonyl (C=O) groups excluding carboxylic acids is 1. The highest BCUT2D eigenvalue weighted by molar-refractivity contribution is 7.92. The number of nitrogens with zero attached hydrogens (tertiary/aromatic N) is 2. The third kappa shape index (κ3) is 4.99. The van der Waals surface area contributed by atoms with Gasteiger partial charge >= 0.3 is 0 Å². The van der Waals surface area contributed by atoms with Crippen LogP contribution in [0.2, 0.25) is 0 Å². The Morgan fingerprint density at radius 1 is 1.08 bits per heavy atom. The second kappa shape index (κ2) is 7.49. The standard InChI is InChI=1S/C16H20N4O3S2/c1-25(22,23)20-16-19-18-15(24-16)17-14(21)13-9-7-12(8-10-13)11-5-3-2-4-6-11/h7-11H,2-6H2,1H3,(H,19,20)(H,17,18,21). The van der Waals surface area contributed by atoms with Crippen molar-refractivity contribution >= 4 is 37.5 Å². The van der Waals surface area contributed by atoms with Gasteiger partial charge in [0.2, 0.25) is 20.3 Å². The summed E-state index contributed by atoms with van der Waals surface area (Å²) in [5.74, 6) is 0.302. The number of hydrogen-bond donors (Lipinski definition) is 2. The van der Waals surface area contributed by atoms with Crippen LogP contribution in [0.15, 0.2) is 24.3 Å². The first-order valence-corrected chi connectivity index (χ1v) is 10.8. The van der Waals surface area contributed by atoms with E-state index in [4.69, 9.17) is 0 Å². The number of benzene rings is 1. The van der Waals surface area contributed by atoms with E-state index < -0.39 is 10.0 Å². The van der Waals surface area contributed by atoms with Gasteiger partial charge in [-0.25, -0.2) is 8.42 Å². The van der Waals surface area contributed by atoms with Crippen molar-refractivity contribution in [2.24, 2.45) is 0 Å². The molecule has 1 aromatic carbocycles. The molecule has 0 saturated heterocycles. The number of anilines is 2. The molecule has 7 nitrogen and oxygen atoms in total. The summed E-state index contributed by atoms with van der Waals surface area (Å²) in [6.45, 7) is 0. The van der Waals surface area contributed by atoms with E-state index in [0.29, 0.717) is 11.5 Å². The summed E-state index contributed by atoms with van der Waals surface area (Å²) >= 11 is 0.964. The summed E-state index contributed by atoms with van der Waals surface area (Å²) in [5.41, 5.74) is 1.82. The highest BCUT2D eigenvalue weighted by Gasteiger charge is 2.16. The van der Waals surface area contributed by atoms with E-state index in [0.717, 1.165) is 17.6 Å². The average molecular weight is 380 g/mol. The van der Waals surface area contributed by atoms with Gasteiger partial charge in [-0.2, -0.15) is 0 Å². The summed E-state index contributed by atoms with van der Waals surface area (Å²) < 4.78 is 24.5. The Labute approximate surface area is 150 Å². The van der Waals surface area contributed by atoms with Crippen LogP contribution in [0.5, 0.6) is 0 Å². The van der Waals surface area contributed by atoms with Gasteiger partial charge < -0.3 is 0 Å². The van der Waals surface area contributed by atoms with Crippen molar-refractivity contribution in [3.05, 3.63) is 35.4 Å². The van der Waals surface area contributed by atoms with Gasteiger partial charge in [0, 0.05) is 5.56 Å². The lowest BCUT2D eigenvalue weighted by Crippen LogP contribution is -2.12. The van der Waals surface area contributed by atoms with Crippen molar-refractivity contribution in [3.63, 3.8) is 0 Å². The highest BCUT2D eigenvalue weighted by atomic mass is 32.2. The molecule has 0 radical (unpaired) electrons. The fourth-order valence-corrected chi connectivity index (χ4v) is 4.45. The average Bonchev–Trinajstić information content (AvgIpc) is 3.00. The first kappa shape index (κ1) is 17.8. The van der Waals surface area contributed by atoms with E-state index in [2.05, 4.69) is 20.2 Å². The molecule has 25 heavy (non-hydrogen) atoms. The molecule has 1 aromatic heterocycles. The third-order valence-electron chi connectivity index (χ3n) is 4.17. The number of aromatic nitrogens is 2. The lowest BCUT2D eigenvalue weighted by atomic mass is 9.84. The molecule has 9 heteroatoms. The molecule has 1 amide bonds. The van der Waals surface area contributed by atoms with E-state index in [1.807, 2.05) is 24.3 Å². The Bertz CT molecular complexity index is 841. The molecule has 2 N–H and O–H groups in total. The predicted octanol–water partition coefficient (Wildman–Crippen LogP) is 3.21. The molecule has 1 aliphatic carbocycles. The van der Waals surface area contributed by atoms with Gasteiger partial charge in [-0.05, 0) is 36.5 Å². The zero-order valence-electron chi connectivity index (χ0n) is 13.9. The summed E-state index contributed by atoms with van der Waals surface area (Å²) in [7, 11) is -3.41. The molecule has 1 saturated carbocycles. The van der Waals surface area contributed by atoms with Crippen molar-refractivity contribution in [2.75, 3.05) is 16.3 Å². The maximum atomic E-state index is 12.3. The molecule has 134 valence electrons. The first-order chi connectivity index (χ1) is 11.9. The molecular formula is C16H20N4O3S2. The monoisotopic (exact) mass is 380 g/mol. The van der Waals surface area contributed by atoms with Gasteiger partial charge in [-0.3, -0.25) is 14.8 Å². The van der Waals surface area contributed by atoms with Crippen LogP contribution in [-0.2, 0) is 10.0 Å². The largest absolute Gasteiger partial charge is 0.296 e. The predicted molar refractivity (Wildman–Crippen MR) is 98.6 cm³/mol. The number of carbonyl (C=O) groups is 1. The molecule has 0 unspecified atom stereocenters. The summed E-state index contributed by atoms with van der Waals surface area (Å²) in [6, 6.07) is 7.66. The van der Waals surface area contributed by atoms with Gasteiger partial charge in [0.05, 0.1) is 6.26 Å². The van der Waals surface area contributed by atoms with Crippen LogP contribution in [0.25, 0.3) is 0 Å². The Kier molecular flexibility index (Phi) is 5.33. The zero-order chi connectivity index (χ0) is 17.9. The van der Waals surface area contributed by atoms with E-state index in [1.165, 1.54) is 37.7 Å². The SMILES string of the molecule is CS(=O)(=O)Nc1nnc(NC(=O)c2ccc(C3CCCCC3)cc2)s1. The molecule has 1 fully saturated rings. The summed E-state index contributed by atoms with van der Waals surface area (Å²) in [6.07, 6.45) is 7.32. The van der Waals surface area contributed by atoms with E-state index in [1.54, 1.807) is 0 Å². The number of amides is 1. The van der Waals surface area contributed by atoms with Crippen LogP contribution in [0.4, 0.5) is 10.3 Å². The molecule has 0 atom stereocenters.